The van der Waals surface area contributed by atoms with Gasteiger partial charge in [0.1, 0.15) is 0 Å². The molecule has 0 atom stereocenters. The highest BCUT2D eigenvalue weighted by molar-refractivity contribution is 6.09. The van der Waals surface area contributed by atoms with Crippen molar-refractivity contribution in [3.8, 4) is 34.2 Å². The number of aromatic nitrogens is 6. The van der Waals surface area contributed by atoms with Gasteiger partial charge < -0.3 is 5.11 Å². The molecule has 6 aromatic heterocycles. The van der Waals surface area contributed by atoms with Crippen LogP contribution < -0.4 is 0 Å². The van der Waals surface area contributed by atoms with E-state index in [0.717, 1.165) is 40.9 Å². The highest BCUT2D eigenvalue weighted by Crippen LogP contribution is 2.23. The molecule has 0 aliphatic carbocycles. The Morgan fingerprint density at radius 2 is 0.864 bits per heavy atom. The van der Waals surface area contributed by atoms with E-state index in [2.05, 4.69) is 36.0 Å². The van der Waals surface area contributed by atoms with Crippen LogP contribution in [0.5, 0.6) is 0 Å². The minimum atomic E-state index is -1.06. The third-order valence-corrected chi connectivity index (χ3v) is 7.10. The van der Waals surface area contributed by atoms with Crippen LogP contribution in [-0.2, 0) is 12.8 Å². The standard InChI is InChI=1S/C35H26N6O3/c1-22-4-10-36-28(16-22)29-17-23(5-11-37-29)2-3-24-6-12-38-30(18-24)31-19-25(7-13-39-31)34(42)26-8-14-40-32(20-26)33-21-27(35(43)44)9-15-41-33/h4-21H,2-3H2,1H3,(H,43,44). The number of carbonyl (C=O) groups is 2. The third kappa shape index (κ3) is 6.42. The molecule has 44 heavy (non-hydrogen) atoms. The molecule has 0 amide bonds. The van der Waals surface area contributed by atoms with Gasteiger partial charge in [-0.2, -0.15) is 0 Å². The van der Waals surface area contributed by atoms with Gasteiger partial charge in [0.2, 0.25) is 0 Å². The molecule has 0 radical (unpaired) electrons. The van der Waals surface area contributed by atoms with Crippen LogP contribution in [0.2, 0.25) is 0 Å². The lowest BCUT2D eigenvalue weighted by Crippen LogP contribution is -2.04. The lowest BCUT2D eigenvalue weighted by Gasteiger charge is -2.08. The van der Waals surface area contributed by atoms with E-state index in [4.69, 9.17) is 0 Å². The van der Waals surface area contributed by atoms with Crippen LogP contribution in [0, 0.1) is 6.92 Å². The van der Waals surface area contributed by atoms with Crippen molar-refractivity contribution in [1.82, 2.24) is 29.9 Å². The molecule has 9 nitrogen and oxygen atoms in total. The molecule has 0 unspecified atom stereocenters. The van der Waals surface area contributed by atoms with Gasteiger partial charge in [0.25, 0.3) is 0 Å². The Bertz CT molecular complexity index is 2010. The topological polar surface area (TPSA) is 132 Å². The third-order valence-electron chi connectivity index (χ3n) is 7.10. The van der Waals surface area contributed by atoms with E-state index in [1.807, 2.05) is 43.5 Å². The Kier molecular flexibility index (Phi) is 8.00. The molecule has 0 fully saturated rings. The lowest BCUT2D eigenvalue weighted by molar-refractivity contribution is 0.0696. The van der Waals surface area contributed by atoms with Crippen LogP contribution in [0.15, 0.2) is 110 Å². The van der Waals surface area contributed by atoms with Gasteiger partial charge in [-0.15, -0.1) is 0 Å². The van der Waals surface area contributed by atoms with E-state index in [-0.39, 0.29) is 11.3 Å². The average Bonchev–Trinajstić information content (AvgIpc) is 3.07. The minimum Gasteiger partial charge on any atom is -0.478 e. The number of hydrogen-bond acceptors (Lipinski definition) is 8. The van der Waals surface area contributed by atoms with Crippen molar-refractivity contribution in [2.75, 3.05) is 0 Å². The average molecular weight is 579 g/mol. The van der Waals surface area contributed by atoms with Crippen molar-refractivity contribution in [1.29, 1.82) is 0 Å². The molecular formula is C35H26N6O3. The highest BCUT2D eigenvalue weighted by atomic mass is 16.4. The van der Waals surface area contributed by atoms with Crippen LogP contribution in [0.25, 0.3) is 34.2 Å². The van der Waals surface area contributed by atoms with Crippen molar-refractivity contribution < 1.29 is 14.7 Å². The summed E-state index contributed by atoms with van der Waals surface area (Å²) in [6.45, 7) is 2.04. The monoisotopic (exact) mass is 578 g/mol. The Balaban J connectivity index is 1.19. The molecule has 0 aliphatic rings. The number of carbonyl (C=O) groups excluding carboxylic acids is 1. The van der Waals surface area contributed by atoms with Gasteiger partial charge >= 0.3 is 5.97 Å². The van der Waals surface area contributed by atoms with Crippen molar-refractivity contribution in [3.63, 3.8) is 0 Å². The number of ketones is 1. The summed E-state index contributed by atoms with van der Waals surface area (Å²) < 4.78 is 0. The largest absolute Gasteiger partial charge is 0.478 e. The van der Waals surface area contributed by atoms with E-state index in [1.165, 1.54) is 24.5 Å². The van der Waals surface area contributed by atoms with Crippen molar-refractivity contribution in [3.05, 3.63) is 143 Å². The summed E-state index contributed by atoms with van der Waals surface area (Å²) in [6.07, 6.45) is 11.5. The van der Waals surface area contributed by atoms with Crippen LogP contribution >= 0.6 is 0 Å². The van der Waals surface area contributed by atoms with Crippen molar-refractivity contribution in [2.45, 2.75) is 19.8 Å². The second-order valence-corrected chi connectivity index (χ2v) is 10.2. The van der Waals surface area contributed by atoms with E-state index in [9.17, 15) is 14.7 Å². The molecule has 1 N–H and O–H groups in total. The fraction of sp³-hybridized carbons (Fsp3) is 0.0857. The lowest BCUT2D eigenvalue weighted by atomic mass is 10.0. The van der Waals surface area contributed by atoms with Crippen LogP contribution in [0.3, 0.4) is 0 Å². The van der Waals surface area contributed by atoms with Gasteiger partial charge in [0.15, 0.2) is 5.78 Å². The van der Waals surface area contributed by atoms with Gasteiger partial charge in [0, 0.05) is 48.3 Å². The molecule has 0 saturated heterocycles. The summed E-state index contributed by atoms with van der Waals surface area (Å²) in [4.78, 5) is 51.3. The number of carboxylic acid groups (broad SMARTS) is 1. The predicted molar refractivity (Wildman–Crippen MR) is 165 cm³/mol. The smallest absolute Gasteiger partial charge is 0.335 e. The molecule has 0 bridgehead atoms. The zero-order valence-corrected chi connectivity index (χ0v) is 23.8. The number of hydrogen-bond donors (Lipinski definition) is 1. The molecule has 0 aromatic carbocycles. The Morgan fingerprint density at radius 3 is 1.32 bits per heavy atom. The number of rotatable bonds is 9. The molecule has 6 aromatic rings. The summed E-state index contributed by atoms with van der Waals surface area (Å²) in [5.74, 6) is -1.29. The number of pyridine rings is 6. The fourth-order valence-corrected chi connectivity index (χ4v) is 4.80. The van der Waals surface area contributed by atoms with Gasteiger partial charge in [-0.05, 0) is 109 Å². The summed E-state index contributed by atoms with van der Waals surface area (Å²) in [6, 6.07) is 21.5. The maximum atomic E-state index is 13.5. The van der Waals surface area contributed by atoms with Gasteiger partial charge in [-0.1, -0.05) is 0 Å². The molecule has 6 heterocycles. The number of aromatic carboxylic acids is 1. The first kappa shape index (κ1) is 28.2. The first-order chi connectivity index (χ1) is 21.4. The summed E-state index contributed by atoms with van der Waals surface area (Å²) in [5, 5.41) is 9.31. The van der Waals surface area contributed by atoms with Crippen LogP contribution in [0.1, 0.15) is 43.0 Å². The quantitative estimate of drug-likeness (QED) is 0.203. The maximum Gasteiger partial charge on any atom is 0.335 e. The fourth-order valence-electron chi connectivity index (χ4n) is 4.80. The second-order valence-electron chi connectivity index (χ2n) is 10.2. The minimum absolute atomic E-state index is 0.0899. The predicted octanol–water partition coefficient (Wildman–Crippen LogP) is 6.08. The zero-order chi connectivity index (χ0) is 30.5. The van der Waals surface area contributed by atoms with Gasteiger partial charge in [0.05, 0.1) is 39.7 Å². The summed E-state index contributed by atoms with van der Waals surface area (Å²) >= 11 is 0. The molecule has 0 aliphatic heterocycles. The molecule has 0 spiro atoms. The Labute approximate surface area is 253 Å². The highest BCUT2D eigenvalue weighted by Gasteiger charge is 2.15. The Hall–Kier alpha value is -5.96. The van der Waals surface area contributed by atoms with Gasteiger partial charge in [-0.3, -0.25) is 34.7 Å². The van der Waals surface area contributed by atoms with Crippen LogP contribution in [0.4, 0.5) is 0 Å². The molecular weight excluding hydrogens is 552 g/mol. The van der Waals surface area contributed by atoms with E-state index in [1.54, 1.807) is 42.9 Å². The first-order valence-electron chi connectivity index (χ1n) is 13.9. The zero-order valence-electron chi connectivity index (χ0n) is 23.8. The van der Waals surface area contributed by atoms with Gasteiger partial charge in [-0.25, -0.2) is 4.79 Å². The van der Waals surface area contributed by atoms with Crippen molar-refractivity contribution in [2.24, 2.45) is 0 Å². The maximum absolute atomic E-state index is 13.5. The second kappa shape index (κ2) is 12.5. The normalized spacial score (nSPS) is 10.8. The summed E-state index contributed by atoms with van der Waals surface area (Å²) in [7, 11) is 0. The molecule has 214 valence electrons. The van der Waals surface area contributed by atoms with Crippen molar-refractivity contribution >= 4 is 11.8 Å². The molecule has 0 saturated carbocycles. The number of aryl methyl sites for hydroxylation is 3. The van der Waals surface area contributed by atoms with E-state index >= 15 is 0 Å². The number of carboxylic acids is 1. The van der Waals surface area contributed by atoms with E-state index in [0.29, 0.717) is 33.9 Å². The Morgan fingerprint density at radius 1 is 0.500 bits per heavy atom. The number of nitrogens with zero attached hydrogens (tertiary/aromatic N) is 6. The van der Waals surface area contributed by atoms with E-state index < -0.39 is 5.97 Å². The SMILES string of the molecule is Cc1ccnc(-c2cc(CCc3ccnc(-c4cc(C(=O)c5ccnc(-c6cc(C(=O)O)ccn6)c5)ccn4)c3)ccn2)c1. The van der Waals surface area contributed by atoms with Crippen LogP contribution in [-0.4, -0.2) is 46.8 Å². The molecule has 9 heteroatoms. The summed E-state index contributed by atoms with van der Waals surface area (Å²) in [5.41, 5.74) is 8.04. The first-order valence-corrected chi connectivity index (χ1v) is 13.9. The molecule has 6 rings (SSSR count).